The summed E-state index contributed by atoms with van der Waals surface area (Å²) in [5, 5.41) is 6.37. The van der Waals surface area contributed by atoms with Gasteiger partial charge in [-0.15, -0.1) is 0 Å². The predicted octanol–water partition coefficient (Wildman–Crippen LogP) is 3.42. The van der Waals surface area contributed by atoms with Crippen molar-refractivity contribution in [3.8, 4) is 0 Å². The lowest BCUT2D eigenvalue weighted by Gasteiger charge is -2.33. The van der Waals surface area contributed by atoms with Crippen molar-refractivity contribution in [1.82, 2.24) is 10.1 Å². The van der Waals surface area contributed by atoms with Gasteiger partial charge < -0.3 is 19.5 Å². The minimum Gasteiger partial charge on any atom is -0.449 e. The number of halogens is 3. The van der Waals surface area contributed by atoms with Crippen LogP contribution < -0.4 is 10.2 Å². The molecule has 4 rings (SSSR count). The molecule has 1 aromatic heterocycles. The van der Waals surface area contributed by atoms with Gasteiger partial charge in [0.2, 0.25) is 5.88 Å². The molecule has 1 aromatic carbocycles. The third kappa shape index (κ3) is 3.47. The molecule has 0 saturated carbocycles. The van der Waals surface area contributed by atoms with E-state index in [2.05, 4.69) is 10.5 Å². The molecule has 1 atom stereocenters. The minimum atomic E-state index is -1.61. The van der Waals surface area contributed by atoms with Gasteiger partial charge >= 0.3 is 12.1 Å². The van der Waals surface area contributed by atoms with Crippen LogP contribution in [0.25, 0.3) is 0 Å². The van der Waals surface area contributed by atoms with E-state index in [1.54, 1.807) is 6.92 Å². The molecule has 1 saturated heterocycles. The molecule has 0 radical (unpaired) electrons. The normalized spacial score (nSPS) is 19.0. The van der Waals surface area contributed by atoms with Crippen LogP contribution in [0, 0.1) is 17.5 Å². The first-order chi connectivity index (χ1) is 13.8. The van der Waals surface area contributed by atoms with Crippen LogP contribution in [-0.2, 0) is 17.7 Å². The first kappa shape index (κ1) is 19.1. The minimum absolute atomic E-state index is 0.0666. The molecule has 2 aromatic rings. The molecule has 2 aliphatic heterocycles. The van der Waals surface area contributed by atoms with Gasteiger partial charge in [0.15, 0.2) is 17.5 Å². The second kappa shape index (κ2) is 7.30. The smallest absolute Gasteiger partial charge is 0.416 e. The lowest BCUT2D eigenvalue weighted by Crippen LogP contribution is -2.45. The number of hydrogen-bond acceptors (Lipinski definition) is 5. The highest BCUT2D eigenvalue weighted by molar-refractivity contribution is 5.90. The zero-order chi connectivity index (χ0) is 20.7. The van der Waals surface area contributed by atoms with Gasteiger partial charge in [-0.25, -0.2) is 27.7 Å². The summed E-state index contributed by atoms with van der Waals surface area (Å²) in [5.41, 5.74) is 0.969. The average Bonchev–Trinajstić information content (AvgIpc) is 3.08. The average molecular weight is 410 g/mol. The number of aromatic nitrogens is 1. The van der Waals surface area contributed by atoms with E-state index in [4.69, 9.17) is 9.26 Å². The van der Waals surface area contributed by atoms with E-state index in [1.165, 1.54) is 9.80 Å². The molecule has 0 bridgehead atoms. The molecule has 3 heterocycles. The predicted molar refractivity (Wildman–Crippen MR) is 93.9 cm³/mol. The van der Waals surface area contributed by atoms with Crippen molar-refractivity contribution in [2.75, 3.05) is 23.4 Å². The van der Waals surface area contributed by atoms with Gasteiger partial charge in [0.05, 0.1) is 24.4 Å². The fourth-order valence-electron chi connectivity index (χ4n) is 3.41. The standard InChI is InChI=1S/C18H17F3N4O4/c1-9-5-14-11(16(29-23-14)24-3-2-4-28-18(24)27)8-25(9)17(26)22-10-6-12(19)15(21)13(20)7-10/h6-7,9H,2-5,8H2,1H3,(H,22,26)/t9-/m0/s1. The Morgan fingerprint density at radius 3 is 2.69 bits per heavy atom. The quantitative estimate of drug-likeness (QED) is 0.767. The Kier molecular flexibility index (Phi) is 4.81. The third-order valence-electron chi connectivity index (χ3n) is 4.91. The Bertz CT molecular complexity index is 957. The summed E-state index contributed by atoms with van der Waals surface area (Å²) in [6.45, 7) is 2.56. The fraction of sp³-hybridized carbons (Fsp3) is 0.389. The maximum atomic E-state index is 13.4. The summed E-state index contributed by atoms with van der Waals surface area (Å²) >= 11 is 0. The van der Waals surface area contributed by atoms with Crippen LogP contribution in [-0.4, -0.2) is 41.4 Å². The van der Waals surface area contributed by atoms with E-state index in [-0.39, 0.29) is 24.2 Å². The van der Waals surface area contributed by atoms with E-state index in [1.807, 2.05) is 0 Å². The lowest BCUT2D eigenvalue weighted by molar-refractivity contribution is 0.137. The van der Waals surface area contributed by atoms with Gasteiger partial charge in [0.25, 0.3) is 0 Å². The molecule has 3 amide bonds. The zero-order valence-corrected chi connectivity index (χ0v) is 15.4. The van der Waals surface area contributed by atoms with Gasteiger partial charge in [0, 0.05) is 36.8 Å². The van der Waals surface area contributed by atoms with Gasteiger partial charge in [0.1, 0.15) is 0 Å². The van der Waals surface area contributed by atoms with Gasteiger partial charge in [-0.05, 0) is 13.3 Å². The van der Waals surface area contributed by atoms with Crippen molar-refractivity contribution in [2.45, 2.75) is 32.4 Å². The van der Waals surface area contributed by atoms with E-state index in [9.17, 15) is 22.8 Å². The van der Waals surface area contributed by atoms with Crippen LogP contribution in [0.5, 0.6) is 0 Å². The maximum absolute atomic E-state index is 13.4. The molecule has 1 N–H and O–H groups in total. The van der Waals surface area contributed by atoms with Crippen molar-refractivity contribution in [2.24, 2.45) is 0 Å². The topological polar surface area (TPSA) is 87.9 Å². The molecule has 0 unspecified atom stereocenters. The van der Waals surface area contributed by atoms with E-state index < -0.39 is 29.6 Å². The second-order valence-electron chi connectivity index (χ2n) is 6.90. The molecule has 0 aliphatic carbocycles. The molecule has 11 heteroatoms. The first-order valence-electron chi connectivity index (χ1n) is 8.99. The number of nitrogens with zero attached hydrogens (tertiary/aromatic N) is 3. The summed E-state index contributed by atoms with van der Waals surface area (Å²) in [4.78, 5) is 27.4. The van der Waals surface area contributed by atoms with Crippen molar-refractivity contribution < 1.29 is 32.0 Å². The number of amides is 3. The number of carbonyl (C=O) groups excluding carboxylic acids is 2. The highest BCUT2D eigenvalue weighted by atomic mass is 19.2. The molecule has 29 heavy (non-hydrogen) atoms. The summed E-state index contributed by atoms with van der Waals surface area (Å²) < 4.78 is 50.3. The summed E-state index contributed by atoms with van der Waals surface area (Å²) in [6, 6.07) is 0.460. The Morgan fingerprint density at radius 1 is 1.28 bits per heavy atom. The number of carbonyl (C=O) groups is 2. The highest BCUT2D eigenvalue weighted by Gasteiger charge is 2.36. The Morgan fingerprint density at radius 2 is 2.00 bits per heavy atom. The van der Waals surface area contributed by atoms with E-state index in [0.29, 0.717) is 49.4 Å². The van der Waals surface area contributed by atoms with Crippen molar-refractivity contribution in [3.63, 3.8) is 0 Å². The van der Waals surface area contributed by atoms with Crippen molar-refractivity contribution >= 4 is 23.7 Å². The number of nitrogens with one attached hydrogen (secondary N) is 1. The largest absolute Gasteiger partial charge is 0.449 e. The van der Waals surface area contributed by atoms with Crippen LogP contribution in [0.1, 0.15) is 24.6 Å². The van der Waals surface area contributed by atoms with Crippen molar-refractivity contribution in [1.29, 1.82) is 0 Å². The fourth-order valence-corrected chi connectivity index (χ4v) is 3.41. The van der Waals surface area contributed by atoms with Crippen LogP contribution in [0.4, 0.5) is 34.3 Å². The van der Waals surface area contributed by atoms with Crippen LogP contribution in [0.2, 0.25) is 0 Å². The molecular weight excluding hydrogens is 393 g/mol. The summed E-state index contributed by atoms with van der Waals surface area (Å²) in [5.74, 6) is -4.20. The third-order valence-corrected chi connectivity index (χ3v) is 4.91. The zero-order valence-electron chi connectivity index (χ0n) is 15.4. The number of ether oxygens (including phenoxy) is 1. The van der Waals surface area contributed by atoms with Crippen LogP contribution >= 0.6 is 0 Å². The molecule has 2 aliphatic rings. The molecular formula is C18H17F3N4O4. The lowest BCUT2D eigenvalue weighted by atomic mass is 10.0. The van der Waals surface area contributed by atoms with E-state index in [0.717, 1.165) is 0 Å². The monoisotopic (exact) mass is 410 g/mol. The van der Waals surface area contributed by atoms with Crippen molar-refractivity contribution in [3.05, 3.63) is 40.8 Å². The van der Waals surface area contributed by atoms with Gasteiger partial charge in [-0.2, -0.15) is 0 Å². The van der Waals surface area contributed by atoms with Crippen LogP contribution in [0.15, 0.2) is 16.7 Å². The number of urea groups is 1. The van der Waals surface area contributed by atoms with Crippen LogP contribution in [0.3, 0.4) is 0 Å². The van der Waals surface area contributed by atoms with E-state index >= 15 is 0 Å². The van der Waals surface area contributed by atoms with Gasteiger partial charge in [-0.3, -0.25) is 0 Å². The summed E-state index contributed by atoms with van der Waals surface area (Å²) in [7, 11) is 0. The maximum Gasteiger partial charge on any atom is 0.416 e. The number of hydrogen-bond donors (Lipinski definition) is 1. The SMILES string of the molecule is C[C@H]1Cc2noc(N3CCCOC3=O)c2CN1C(=O)Nc1cc(F)c(F)c(F)c1. The Labute approximate surface area is 163 Å². The second-order valence-corrected chi connectivity index (χ2v) is 6.90. The Balaban J connectivity index is 1.56. The number of cyclic esters (lactones) is 1. The number of benzene rings is 1. The molecule has 1 fully saturated rings. The number of anilines is 2. The number of fused-ring (bicyclic) bond motifs is 1. The number of rotatable bonds is 2. The molecule has 154 valence electrons. The molecule has 8 nitrogen and oxygen atoms in total. The summed E-state index contributed by atoms with van der Waals surface area (Å²) in [6.07, 6.45) is 0.437. The van der Waals surface area contributed by atoms with Gasteiger partial charge in [-0.1, -0.05) is 5.16 Å². The first-order valence-corrected chi connectivity index (χ1v) is 8.99. The molecule has 0 spiro atoms. The highest BCUT2D eigenvalue weighted by Crippen LogP contribution is 2.33. The Hall–Kier alpha value is -3.24.